The van der Waals surface area contributed by atoms with Crippen molar-refractivity contribution < 1.29 is 24.6 Å². The minimum absolute atomic E-state index is 0.0550. The third kappa shape index (κ3) is 3.19. The molecule has 0 atom stereocenters. The molecule has 3 aromatic carbocycles. The number of phenols is 3. The van der Waals surface area contributed by atoms with Gasteiger partial charge in [0.25, 0.3) is 0 Å². The SMILES string of the molecule is O=C(c1ccc(O)cc1)c1c(-c2ccc(O)cc2)noc1-c1ccc(O)cc1. The molecule has 0 saturated heterocycles. The van der Waals surface area contributed by atoms with E-state index in [-0.39, 0.29) is 34.4 Å². The largest absolute Gasteiger partial charge is 0.508 e. The molecule has 0 aliphatic carbocycles. The molecule has 0 radical (unpaired) electrons. The Morgan fingerprint density at radius 2 is 1.14 bits per heavy atom. The average Bonchev–Trinajstić information content (AvgIpc) is 3.14. The number of ketones is 1. The smallest absolute Gasteiger partial charge is 0.199 e. The first-order valence-electron chi connectivity index (χ1n) is 8.45. The monoisotopic (exact) mass is 373 g/mol. The predicted octanol–water partition coefficient (Wildman–Crippen LogP) is 4.36. The summed E-state index contributed by atoms with van der Waals surface area (Å²) in [5.41, 5.74) is 2.13. The van der Waals surface area contributed by atoms with Crippen LogP contribution < -0.4 is 0 Å². The summed E-state index contributed by atoms with van der Waals surface area (Å²) in [6.45, 7) is 0. The molecule has 4 aromatic rings. The van der Waals surface area contributed by atoms with Gasteiger partial charge in [-0.1, -0.05) is 5.16 Å². The molecule has 0 unspecified atom stereocenters. The number of benzene rings is 3. The fraction of sp³-hybridized carbons (Fsp3) is 0. The lowest BCUT2D eigenvalue weighted by Gasteiger charge is -2.05. The van der Waals surface area contributed by atoms with E-state index in [1.54, 1.807) is 24.3 Å². The van der Waals surface area contributed by atoms with Crippen LogP contribution in [0.25, 0.3) is 22.6 Å². The molecule has 0 spiro atoms. The standard InChI is InChI=1S/C22H15NO5/c24-16-7-1-13(2-8-16)20-19(21(27)14-3-9-17(25)10-4-14)22(28-23-20)15-5-11-18(26)12-6-15/h1-12,24-26H. The van der Waals surface area contributed by atoms with Crippen molar-refractivity contribution in [3.63, 3.8) is 0 Å². The number of hydrogen-bond acceptors (Lipinski definition) is 6. The topological polar surface area (TPSA) is 104 Å². The number of hydrogen-bond donors (Lipinski definition) is 3. The van der Waals surface area contributed by atoms with E-state index in [1.807, 2.05) is 0 Å². The zero-order chi connectivity index (χ0) is 19.7. The molecule has 3 N–H and O–H groups in total. The Morgan fingerprint density at radius 3 is 1.68 bits per heavy atom. The molecule has 6 nitrogen and oxygen atoms in total. The van der Waals surface area contributed by atoms with Crippen LogP contribution in [0.1, 0.15) is 15.9 Å². The minimum Gasteiger partial charge on any atom is -0.508 e. The first-order valence-corrected chi connectivity index (χ1v) is 8.45. The van der Waals surface area contributed by atoms with Gasteiger partial charge in [-0.25, -0.2) is 0 Å². The molecule has 0 aliphatic heterocycles. The lowest BCUT2D eigenvalue weighted by molar-refractivity contribution is 0.103. The number of aromatic hydroxyl groups is 3. The van der Waals surface area contributed by atoms with Gasteiger partial charge in [0.05, 0.1) is 5.56 Å². The van der Waals surface area contributed by atoms with Gasteiger partial charge in [0.2, 0.25) is 0 Å². The summed E-state index contributed by atoms with van der Waals surface area (Å²) in [7, 11) is 0. The molecular weight excluding hydrogens is 358 g/mol. The maximum atomic E-state index is 13.3. The highest BCUT2D eigenvalue weighted by atomic mass is 16.5. The fourth-order valence-electron chi connectivity index (χ4n) is 2.88. The second-order valence-corrected chi connectivity index (χ2v) is 6.21. The molecule has 6 heteroatoms. The molecule has 138 valence electrons. The Balaban J connectivity index is 1.90. The van der Waals surface area contributed by atoms with Crippen LogP contribution in [0.4, 0.5) is 0 Å². The van der Waals surface area contributed by atoms with Gasteiger partial charge in [0, 0.05) is 16.7 Å². The second kappa shape index (κ2) is 6.92. The maximum Gasteiger partial charge on any atom is 0.199 e. The Morgan fingerprint density at radius 1 is 0.679 bits per heavy atom. The lowest BCUT2D eigenvalue weighted by Crippen LogP contribution is -2.03. The highest BCUT2D eigenvalue weighted by molar-refractivity contribution is 6.15. The zero-order valence-electron chi connectivity index (χ0n) is 14.5. The summed E-state index contributed by atoms with van der Waals surface area (Å²) in [5.74, 6) is 0.179. The number of nitrogens with zero attached hydrogens (tertiary/aromatic N) is 1. The number of carbonyl (C=O) groups is 1. The number of carbonyl (C=O) groups excluding carboxylic acids is 1. The van der Waals surface area contributed by atoms with Crippen LogP contribution in [-0.2, 0) is 0 Å². The molecule has 1 aromatic heterocycles. The van der Waals surface area contributed by atoms with Gasteiger partial charge >= 0.3 is 0 Å². The van der Waals surface area contributed by atoms with E-state index in [4.69, 9.17) is 4.52 Å². The molecule has 0 fully saturated rings. The average molecular weight is 373 g/mol. The molecule has 0 bridgehead atoms. The summed E-state index contributed by atoms with van der Waals surface area (Å²) in [6, 6.07) is 18.4. The first-order chi connectivity index (χ1) is 13.5. The molecule has 0 saturated carbocycles. The van der Waals surface area contributed by atoms with E-state index in [9.17, 15) is 20.1 Å². The van der Waals surface area contributed by atoms with E-state index in [0.717, 1.165) is 0 Å². The highest BCUT2D eigenvalue weighted by Gasteiger charge is 2.26. The summed E-state index contributed by atoms with van der Waals surface area (Å²) in [4.78, 5) is 13.3. The fourth-order valence-corrected chi connectivity index (χ4v) is 2.88. The van der Waals surface area contributed by atoms with Gasteiger partial charge in [-0.05, 0) is 72.8 Å². The molecule has 0 amide bonds. The van der Waals surface area contributed by atoms with E-state index in [2.05, 4.69) is 5.16 Å². The summed E-state index contributed by atoms with van der Waals surface area (Å²) in [6.07, 6.45) is 0. The van der Waals surface area contributed by atoms with E-state index in [1.165, 1.54) is 48.5 Å². The van der Waals surface area contributed by atoms with Crippen LogP contribution in [0.3, 0.4) is 0 Å². The van der Waals surface area contributed by atoms with Crippen LogP contribution in [-0.4, -0.2) is 26.3 Å². The van der Waals surface area contributed by atoms with Crippen LogP contribution >= 0.6 is 0 Å². The molecule has 4 rings (SSSR count). The van der Waals surface area contributed by atoms with Crippen molar-refractivity contribution in [2.45, 2.75) is 0 Å². The number of phenolic OH excluding ortho intramolecular Hbond substituents is 3. The van der Waals surface area contributed by atoms with Gasteiger partial charge in [0.15, 0.2) is 11.5 Å². The normalized spacial score (nSPS) is 10.7. The summed E-state index contributed by atoms with van der Waals surface area (Å²) < 4.78 is 5.51. The van der Waals surface area contributed by atoms with Crippen molar-refractivity contribution in [3.05, 3.63) is 83.9 Å². The predicted molar refractivity (Wildman–Crippen MR) is 102 cm³/mol. The Hall–Kier alpha value is -4.06. The number of aromatic nitrogens is 1. The van der Waals surface area contributed by atoms with Crippen LogP contribution in [0, 0.1) is 0 Å². The van der Waals surface area contributed by atoms with Crippen molar-refractivity contribution in [2.75, 3.05) is 0 Å². The van der Waals surface area contributed by atoms with Gasteiger partial charge < -0.3 is 19.8 Å². The van der Waals surface area contributed by atoms with E-state index < -0.39 is 0 Å². The summed E-state index contributed by atoms with van der Waals surface area (Å²) >= 11 is 0. The van der Waals surface area contributed by atoms with Crippen molar-refractivity contribution in [2.24, 2.45) is 0 Å². The first kappa shape index (κ1) is 17.4. The van der Waals surface area contributed by atoms with Crippen molar-refractivity contribution in [3.8, 4) is 39.8 Å². The Kier molecular flexibility index (Phi) is 4.29. The van der Waals surface area contributed by atoms with Gasteiger partial charge in [0.1, 0.15) is 22.9 Å². The third-order valence-corrected chi connectivity index (χ3v) is 4.32. The van der Waals surface area contributed by atoms with Gasteiger partial charge in [-0.15, -0.1) is 0 Å². The van der Waals surface area contributed by atoms with Crippen LogP contribution in [0.5, 0.6) is 17.2 Å². The highest BCUT2D eigenvalue weighted by Crippen LogP contribution is 2.35. The lowest BCUT2D eigenvalue weighted by atomic mass is 9.95. The maximum absolute atomic E-state index is 13.3. The summed E-state index contributed by atoms with van der Waals surface area (Å²) in [5, 5.41) is 32.7. The number of rotatable bonds is 4. The van der Waals surface area contributed by atoms with Crippen molar-refractivity contribution in [1.82, 2.24) is 5.16 Å². The Bertz CT molecular complexity index is 1060. The van der Waals surface area contributed by atoms with Crippen LogP contribution in [0.2, 0.25) is 0 Å². The molecule has 1 heterocycles. The van der Waals surface area contributed by atoms with Crippen molar-refractivity contribution >= 4 is 5.78 Å². The quantitative estimate of drug-likeness (QED) is 0.459. The molecule has 28 heavy (non-hydrogen) atoms. The van der Waals surface area contributed by atoms with Crippen LogP contribution in [0.15, 0.2) is 77.3 Å². The minimum atomic E-state index is -0.326. The zero-order valence-corrected chi connectivity index (χ0v) is 14.5. The Labute approximate surface area is 159 Å². The second-order valence-electron chi connectivity index (χ2n) is 6.21. The van der Waals surface area contributed by atoms with Gasteiger partial charge in [-0.2, -0.15) is 0 Å². The molecule has 0 aliphatic rings. The molecular formula is C22H15NO5. The van der Waals surface area contributed by atoms with E-state index in [0.29, 0.717) is 22.4 Å². The van der Waals surface area contributed by atoms with Crippen molar-refractivity contribution in [1.29, 1.82) is 0 Å². The third-order valence-electron chi connectivity index (χ3n) is 4.32. The van der Waals surface area contributed by atoms with Gasteiger partial charge in [-0.3, -0.25) is 4.79 Å². The van der Waals surface area contributed by atoms with E-state index >= 15 is 0 Å².